The van der Waals surface area contributed by atoms with E-state index in [4.69, 9.17) is 0 Å². The summed E-state index contributed by atoms with van der Waals surface area (Å²) in [5.41, 5.74) is -1.11. The fourth-order valence-corrected chi connectivity index (χ4v) is 3.77. The Morgan fingerprint density at radius 3 is 2.64 bits per heavy atom. The molecule has 2 atom stereocenters. The predicted molar refractivity (Wildman–Crippen MR) is 93.6 cm³/mol. The maximum atomic E-state index is 13.9. The molecule has 2 amide bonds. The fraction of sp³-hybridized carbons (Fsp3) is 0.579. The predicted octanol–water partition coefficient (Wildman–Crippen LogP) is 2.45. The Hall–Kier alpha value is -2.16. The first kappa shape index (κ1) is 20.6. The smallest absolute Gasteiger partial charge is 0.350 e. The molecule has 3 rings (SSSR count). The van der Waals surface area contributed by atoms with Gasteiger partial charge < -0.3 is 15.5 Å². The zero-order chi connectivity index (χ0) is 20.3. The van der Waals surface area contributed by atoms with E-state index in [1.165, 1.54) is 0 Å². The van der Waals surface area contributed by atoms with Crippen molar-refractivity contribution in [3.05, 3.63) is 35.1 Å². The highest BCUT2D eigenvalue weighted by Gasteiger charge is 2.37. The first-order chi connectivity index (χ1) is 13.3. The minimum absolute atomic E-state index is 0.0336. The van der Waals surface area contributed by atoms with Crippen molar-refractivity contribution in [1.82, 2.24) is 15.5 Å². The van der Waals surface area contributed by atoms with Gasteiger partial charge in [0.25, 0.3) is 0 Å². The third-order valence-corrected chi connectivity index (χ3v) is 5.32. The monoisotopic (exact) mass is 401 g/mol. The normalized spacial score (nSPS) is 22.9. The Labute approximate surface area is 160 Å². The SMILES string of the molecule is O=C(NCc1ccc(C(F)(F)F)cc1F)[C@H]1CCCN1C(=O)[C@H]1CCCNC1. The Bertz CT molecular complexity index is 732. The van der Waals surface area contributed by atoms with Crippen LogP contribution in [0.2, 0.25) is 0 Å². The minimum Gasteiger partial charge on any atom is -0.350 e. The van der Waals surface area contributed by atoms with E-state index in [1.807, 2.05) is 0 Å². The molecule has 2 N–H and O–H groups in total. The van der Waals surface area contributed by atoms with Gasteiger partial charge in [-0.1, -0.05) is 6.07 Å². The maximum absolute atomic E-state index is 13.9. The van der Waals surface area contributed by atoms with Gasteiger partial charge in [0, 0.05) is 25.2 Å². The summed E-state index contributed by atoms with van der Waals surface area (Å²) >= 11 is 0. The molecule has 2 heterocycles. The van der Waals surface area contributed by atoms with Crippen LogP contribution in [0.3, 0.4) is 0 Å². The molecule has 154 valence electrons. The van der Waals surface area contributed by atoms with Gasteiger partial charge >= 0.3 is 6.18 Å². The molecule has 2 aliphatic rings. The lowest BCUT2D eigenvalue weighted by molar-refractivity contribution is -0.142. The highest BCUT2D eigenvalue weighted by molar-refractivity contribution is 5.89. The minimum atomic E-state index is -4.62. The molecular formula is C19H23F4N3O2. The first-order valence-corrected chi connectivity index (χ1v) is 9.42. The molecule has 2 fully saturated rings. The molecule has 1 aromatic rings. The summed E-state index contributed by atoms with van der Waals surface area (Å²) in [6.07, 6.45) is -1.70. The summed E-state index contributed by atoms with van der Waals surface area (Å²) in [6, 6.07) is 1.60. The second-order valence-corrected chi connectivity index (χ2v) is 7.25. The molecule has 2 aliphatic heterocycles. The van der Waals surface area contributed by atoms with Gasteiger partial charge in [-0.2, -0.15) is 13.2 Å². The summed E-state index contributed by atoms with van der Waals surface area (Å²) in [5.74, 6) is -1.63. The summed E-state index contributed by atoms with van der Waals surface area (Å²) in [7, 11) is 0. The van der Waals surface area contributed by atoms with Crippen LogP contribution < -0.4 is 10.6 Å². The van der Waals surface area contributed by atoms with Crippen molar-refractivity contribution in [2.75, 3.05) is 19.6 Å². The standard InChI is InChI=1S/C19H23F4N3O2/c20-15-9-14(19(21,22)23)6-5-12(15)11-25-17(27)16-4-2-8-26(16)18(28)13-3-1-7-24-10-13/h5-6,9,13,16,24H,1-4,7-8,10-11H2,(H,25,27)/t13-,16+/m0/s1. The number of nitrogens with one attached hydrogen (secondary N) is 2. The van der Waals surface area contributed by atoms with Gasteiger partial charge in [0.15, 0.2) is 0 Å². The topological polar surface area (TPSA) is 61.4 Å². The van der Waals surface area contributed by atoms with E-state index in [0.29, 0.717) is 32.0 Å². The second-order valence-electron chi connectivity index (χ2n) is 7.25. The van der Waals surface area contributed by atoms with Crippen molar-refractivity contribution in [3.8, 4) is 0 Å². The van der Waals surface area contributed by atoms with Crippen molar-refractivity contribution in [3.63, 3.8) is 0 Å². The van der Waals surface area contributed by atoms with E-state index >= 15 is 0 Å². The van der Waals surface area contributed by atoms with E-state index in [1.54, 1.807) is 4.90 Å². The number of benzene rings is 1. The lowest BCUT2D eigenvalue weighted by atomic mass is 9.97. The van der Waals surface area contributed by atoms with Gasteiger partial charge in [-0.3, -0.25) is 9.59 Å². The Kier molecular flexibility index (Phi) is 6.22. The van der Waals surface area contributed by atoms with Gasteiger partial charge in [-0.05, 0) is 44.4 Å². The van der Waals surface area contributed by atoms with Crippen molar-refractivity contribution < 1.29 is 27.2 Å². The number of likely N-dealkylation sites (tertiary alicyclic amines) is 1. The van der Waals surface area contributed by atoms with E-state index in [-0.39, 0.29) is 23.9 Å². The van der Waals surface area contributed by atoms with E-state index in [9.17, 15) is 27.2 Å². The Morgan fingerprint density at radius 1 is 1.21 bits per heavy atom. The molecule has 0 aliphatic carbocycles. The quantitative estimate of drug-likeness (QED) is 0.762. The molecule has 5 nitrogen and oxygen atoms in total. The van der Waals surface area contributed by atoms with Gasteiger partial charge in [-0.25, -0.2) is 4.39 Å². The van der Waals surface area contributed by atoms with Crippen LogP contribution in [0.25, 0.3) is 0 Å². The third-order valence-electron chi connectivity index (χ3n) is 5.32. The summed E-state index contributed by atoms with van der Waals surface area (Å²) in [5, 5.41) is 5.74. The van der Waals surface area contributed by atoms with E-state index in [0.717, 1.165) is 31.5 Å². The molecule has 28 heavy (non-hydrogen) atoms. The Balaban J connectivity index is 1.60. The molecule has 2 saturated heterocycles. The van der Waals surface area contributed by atoms with Crippen molar-refractivity contribution in [1.29, 1.82) is 0 Å². The molecule has 1 aromatic carbocycles. The molecule has 0 unspecified atom stereocenters. The number of rotatable bonds is 4. The average Bonchev–Trinajstić information content (AvgIpc) is 3.16. The highest BCUT2D eigenvalue weighted by atomic mass is 19.4. The van der Waals surface area contributed by atoms with Crippen LogP contribution in [-0.2, 0) is 22.3 Å². The van der Waals surface area contributed by atoms with Gasteiger partial charge in [0.05, 0.1) is 11.5 Å². The number of carbonyl (C=O) groups is 2. The van der Waals surface area contributed by atoms with Crippen LogP contribution in [0, 0.1) is 11.7 Å². The van der Waals surface area contributed by atoms with Crippen LogP contribution in [-0.4, -0.2) is 42.4 Å². The van der Waals surface area contributed by atoms with Gasteiger partial charge in [-0.15, -0.1) is 0 Å². The van der Waals surface area contributed by atoms with Gasteiger partial charge in [0.1, 0.15) is 11.9 Å². The van der Waals surface area contributed by atoms with Crippen molar-refractivity contribution in [2.45, 2.75) is 44.4 Å². The molecule has 0 radical (unpaired) electrons. The third kappa shape index (κ3) is 4.63. The number of alkyl halides is 3. The zero-order valence-corrected chi connectivity index (χ0v) is 15.3. The molecule has 0 aromatic heterocycles. The number of piperidine rings is 1. The number of hydrogen-bond acceptors (Lipinski definition) is 3. The van der Waals surface area contributed by atoms with Crippen molar-refractivity contribution >= 4 is 11.8 Å². The number of halogens is 4. The summed E-state index contributed by atoms with van der Waals surface area (Å²) in [4.78, 5) is 26.8. The number of carbonyl (C=O) groups excluding carboxylic acids is 2. The molecular weight excluding hydrogens is 378 g/mol. The number of hydrogen-bond donors (Lipinski definition) is 2. The largest absolute Gasteiger partial charge is 0.416 e. The van der Waals surface area contributed by atoms with Crippen LogP contribution in [0.5, 0.6) is 0 Å². The van der Waals surface area contributed by atoms with Gasteiger partial charge in [0.2, 0.25) is 11.8 Å². The molecule has 0 bridgehead atoms. The Morgan fingerprint density at radius 2 is 2.00 bits per heavy atom. The lowest BCUT2D eigenvalue weighted by Gasteiger charge is -2.30. The first-order valence-electron chi connectivity index (χ1n) is 9.42. The molecule has 0 saturated carbocycles. The fourth-order valence-electron chi connectivity index (χ4n) is 3.77. The molecule has 0 spiro atoms. The average molecular weight is 401 g/mol. The number of amides is 2. The zero-order valence-electron chi connectivity index (χ0n) is 15.3. The van der Waals surface area contributed by atoms with Crippen molar-refractivity contribution in [2.24, 2.45) is 5.92 Å². The number of nitrogens with zero attached hydrogens (tertiary/aromatic N) is 1. The van der Waals surface area contributed by atoms with Crippen LogP contribution >= 0.6 is 0 Å². The molecule has 9 heteroatoms. The lowest BCUT2D eigenvalue weighted by Crippen LogP contribution is -2.50. The van der Waals surface area contributed by atoms with E-state index in [2.05, 4.69) is 10.6 Å². The second kappa shape index (κ2) is 8.46. The summed E-state index contributed by atoms with van der Waals surface area (Å²) < 4.78 is 51.8. The van der Waals surface area contributed by atoms with Crippen LogP contribution in [0.4, 0.5) is 17.6 Å². The van der Waals surface area contributed by atoms with E-state index < -0.39 is 29.5 Å². The van der Waals surface area contributed by atoms with Crippen LogP contribution in [0.1, 0.15) is 36.8 Å². The maximum Gasteiger partial charge on any atom is 0.416 e. The highest BCUT2D eigenvalue weighted by Crippen LogP contribution is 2.30. The summed E-state index contributed by atoms with van der Waals surface area (Å²) in [6.45, 7) is 1.75. The van der Waals surface area contributed by atoms with Crippen LogP contribution in [0.15, 0.2) is 18.2 Å².